The van der Waals surface area contributed by atoms with Crippen LogP contribution >= 0.6 is 23.4 Å². The molecule has 7 aliphatic rings. The lowest BCUT2D eigenvalue weighted by Gasteiger charge is -2.41. The number of esters is 1. The number of ether oxygens (including phenoxy) is 3. The number of hydrogen-bond acceptors (Lipinski definition) is 16. The number of piperazine rings is 1. The minimum atomic E-state index is -2.07. The van der Waals surface area contributed by atoms with Gasteiger partial charge in [0.2, 0.25) is 0 Å². The van der Waals surface area contributed by atoms with Crippen molar-refractivity contribution in [3.05, 3.63) is 114 Å². The summed E-state index contributed by atoms with van der Waals surface area (Å²) in [5.74, 6) is -4.02. The van der Waals surface area contributed by atoms with Gasteiger partial charge in [0.05, 0.1) is 63.0 Å². The van der Waals surface area contributed by atoms with E-state index in [1.807, 2.05) is 11.8 Å². The van der Waals surface area contributed by atoms with Gasteiger partial charge in [0.15, 0.2) is 11.4 Å². The summed E-state index contributed by atoms with van der Waals surface area (Å²) in [5, 5.41) is 21.6. The third-order valence-corrected chi connectivity index (χ3v) is 20.0. The van der Waals surface area contributed by atoms with Gasteiger partial charge < -0.3 is 44.3 Å². The third-order valence-electron chi connectivity index (χ3n) is 18.5. The van der Waals surface area contributed by atoms with E-state index in [0.29, 0.717) is 64.8 Å². The van der Waals surface area contributed by atoms with Crippen LogP contribution in [-0.2, 0) is 44.2 Å². The Balaban J connectivity index is 0.754. The van der Waals surface area contributed by atoms with Gasteiger partial charge in [-0.15, -0.1) is 11.8 Å². The molecular weight excluding hydrogens is 1130 g/mol. The van der Waals surface area contributed by atoms with Gasteiger partial charge in [-0.3, -0.25) is 14.5 Å². The number of anilines is 1. The van der Waals surface area contributed by atoms with Crippen molar-refractivity contribution in [1.29, 1.82) is 5.26 Å². The second kappa shape index (κ2) is 20.4. The SMILES string of the molecule is C=C(COC(=O)N(C)[C@H]1CCc2c(C)c(F)cc3nc4c(c1c23)Cn1c-4cc2c(c1=O)COC(=O)[C@]2(O)CC)C(=O)N1CCN(c2nc(OC[C@@]34CCCN3C[C@H](F)C4)nc3c(F)c(-c4ccc(F)c5c4C(C#N)C(N)S5)c(Cl)cc23)[C@@H](C)C1. The van der Waals surface area contributed by atoms with E-state index in [2.05, 4.69) is 22.5 Å². The molecule has 18 nitrogen and oxygen atoms in total. The topological polar surface area (TPSA) is 223 Å². The van der Waals surface area contributed by atoms with Gasteiger partial charge in [-0.05, 0) is 98.5 Å². The maximum absolute atomic E-state index is 17.6. The Labute approximate surface area is 488 Å². The molecule has 9 heterocycles. The average Bonchev–Trinajstić information content (AvgIpc) is 1.60. The van der Waals surface area contributed by atoms with Gasteiger partial charge in [0, 0.05) is 89.7 Å². The highest BCUT2D eigenvalue weighted by molar-refractivity contribution is 8.00. The van der Waals surface area contributed by atoms with Crippen LogP contribution in [0.25, 0.3) is 44.3 Å². The molecule has 0 spiro atoms. The minimum absolute atomic E-state index is 0.0180. The summed E-state index contributed by atoms with van der Waals surface area (Å²) in [4.78, 5) is 77.0. The molecule has 3 fully saturated rings. The number of carbonyl (C=O) groups is 3. The Kier molecular flexibility index (Phi) is 13.6. The highest BCUT2D eigenvalue weighted by Gasteiger charge is 2.50. The van der Waals surface area contributed by atoms with Crippen molar-refractivity contribution in [3.63, 3.8) is 0 Å². The van der Waals surface area contributed by atoms with Gasteiger partial charge in [-0.1, -0.05) is 31.2 Å². The molecular formula is C60H57ClF4N10O8S. The van der Waals surface area contributed by atoms with Crippen LogP contribution in [0.1, 0.15) is 96.9 Å². The predicted molar refractivity (Wildman–Crippen MR) is 303 cm³/mol. The number of aromatic nitrogens is 4. The first-order valence-electron chi connectivity index (χ1n) is 28.0. The number of nitriles is 1. The predicted octanol–water partition coefficient (Wildman–Crippen LogP) is 8.37. The molecule has 6 aliphatic heterocycles. The first kappa shape index (κ1) is 55.8. The van der Waals surface area contributed by atoms with Crippen LogP contribution < -0.4 is 20.9 Å². The van der Waals surface area contributed by atoms with Gasteiger partial charge in [-0.25, -0.2) is 32.1 Å². The van der Waals surface area contributed by atoms with Crippen LogP contribution in [-0.4, -0.2) is 133 Å². The summed E-state index contributed by atoms with van der Waals surface area (Å²) in [7, 11) is 1.56. The van der Waals surface area contributed by atoms with Gasteiger partial charge in [0.1, 0.15) is 49.0 Å². The quantitative estimate of drug-likeness (QED) is 0.0746. The van der Waals surface area contributed by atoms with Crippen molar-refractivity contribution in [2.24, 2.45) is 5.73 Å². The maximum atomic E-state index is 17.6. The molecule has 436 valence electrons. The smallest absolute Gasteiger partial charge is 0.410 e. The Morgan fingerprint density at radius 2 is 1.87 bits per heavy atom. The van der Waals surface area contributed by atoms with Crippen LogP contribution in [0.3, 0.4) is 0 Å². The minimum Gasteiger partial charge on any atom is -0.461 e. The summed E-state index contributed by atoms with van der Waals surface area (Å²) in [6.07, 6.45) is 0.661. The fraction of sp³-hybridized carbons (Fsp3) is 0.433. The number of aryl methyl sites for hydroxylation is 1. The number of fused-ring (bicyclic) bond motifs is 8. The van der Waals surface area contributed by atoms with E-state index in [9.17, 15) is 33.9 Å². The van der Waals surface area contributed by atoms with Gasteiger partial charge in [-0.2, -0.15) is 15.2 Å². The molecule has 0 bridgehead atoms. The molecule has 0 saturated carbocycles. The second-order valence-electron chi connectivity index (χ2n) is 23.1. The summed E-state index contributed by atoms with van der Waals surface area (Å²) in [6.45, 7) is 9.85. The number of pyridine rings is 2. The van der Waals surface area contributed by atoms with Crippen LogP contribution in [0.2, 0.25) is 5.02 Å². The molecule has 1 aliphatic carbocycles. The fourth-order valence-corrected chi connectivity index (χ4v) is 15.5. The fourth-order valence-electron chi connectivity index (χ4n) is 14.1. The highest BCUT2D eigenvalue weighted by atomic mass is 35.5. The molecule has 3 saturated heterocycles. The van der Waals surface area contributed by atoms with Gasteiger partial charge in [0.25, 0.3) is 11.5 Å². The van der Waals surface area contributed by atoms with E-state index in [0.717, 1.165) is 23.7 Å². The molecule has 0 radical (unpaired) electrons. The lowest BCUT2D eigenvalue weighted by atomic mass is 9.81. The van der Waals surface area contributed by atoms with Crippen molar-refractivity contribution in [3.8, 4) is 34.6 Å². The van der Waals surface area contributed by atoms with Crippen molar-refractivity contribution in [1.82, 2.24) is 34.2 Å². The summed E-state index contributed by atoms with van der Waals surface area (Å²) in [6, 6.07) is 7.80. The number of aliphatic hydroxyl groups is 1. The largest absolute Gasteiger partial charge is 0.461 e. The van der Waals surface area contributed by atoms with Crippen LogP contribution in [0.15, 0.2) is 52.2 Å². The maximum Gasteiger partial charge on any atom is 0.410 e. The van der Waals surface area contributed by atoms with E-state index < -0.39 is 88.3 Å². The number of benzene rings is 3. The molecule has 7 atom stereocenters. The number of cyclic esters (lactones) is 1. The lowest BCUT2D eigenvalue weighted by Crippen LogP contribution is -2.54. The zero-order chi connectivity index (χ0) is 59.2. The molecule has 84 heavy (non-hydrogen) atoms. The molecule has 2 amide bonds. The van der Waals surface area contributed by atoms with Crippen LogP contribution in [0.4, 0.5) is 28.2 Å². The Morgan fingerprint density at radius 1 is 1.07 bits per heavy atom. The zero-order valence-electron chi connectivity index (χ0n) is 46.3. The lowest BCUT2D eigenvalue weighted by molar-refractivity contribution is -0.172. The molecule has 3 aromatic carbocycles. The molecule has 24 heteroatoms. The zero-order valence-corrected chi connectivity index (χ0v) is 47.9. The van der Waals surface area contributed by atoms with E-state index in [1.165, 1.54) is 33.7 Å². The number of carbonyl (C=O) groups excluding carboxylic acids is 3. The number of amides is 2. The average molecular weight is 1190 g/mol. The highest BCUT2D eigenvalue weighted by Crippen LogP contribution is 2.52. The molecule has 6 aromatic rings. The number of halogens is 5. The first-order valence-corrected chi connectivity index (χ1v) is 29.2. The Bertz CT molecular complexity index is 4030. The van der Waals surface area contributed by atoms with E-state index >= 15 is 13.2 Å². The van der Waals surface area contributed by atoms with Crippen molar-refractivity contribution in [2.45, 2.75) is 118 Å². The number of thioether (sulfide) groups is 1. The van der Waals surface area contributed by atoms with Gasteiger partial charge >= 0.3 is 18.1 Å². The van der Waals surface area contributed by atoms with Crippen molar-refractivity contribution < 1.29 is 51.3 Å². The molecule has 3 N–H and O–H groups in total. The number of nitrogens with zero attached hydrogens (tertiary/aromatic N) is 9. The van der Waals surface area contributed by atoms with Crippen LogP contribution in [0.5, 0.6) is 6.01 Å². The molecule has 3 aromatic heterocycles. The third kappa shape index (κ3) is 8.47. The van der Waals surface area contributed by atoms with Crippen LogP contribution in [0, 0.1) is 35.7 Å². The second-order valence-corrected chi connectivity index (χ2v) is 24.7. The number of alkyl halides is 1. The summed E-state index contributed by atoms with van der Waals surface area (Å²) >= 11 is 8.00. The molecule has 2 unspecified atom stereocenters. The Hall–Kier alpha value is -7.36. The molecule has 13 rings (SSSR count). The monoisotopic (exact) mass is 1190 g/mol. The van der Waals surface area contributed by atoms with Crippen molar-refractivity contribution >= 4 is 69.0 Å². The van der Waals surface area contributed by atoms with E-state index in [4.69, 9.17) is 41.5 Å². The normalized spacial score (nSPS) is 24.8. The Morgan fingerprint density at radius 3 is 2.63 bits per heavy atom. The number of nitrogens with two attached hydrogens (primary N) is 1. The number of hydrogen-bond donors (Lipinski definition) is 2. The standard InChI is InChI=1S/C60H57ClF4N10O8S/c1-6-60(80)37-17-43-49-35(23-75(43)55(77)36(37)25-81-56(60)78)47-42(11-9-31-29(4)40(64)18-41(68-49)46(31)47)71(5)58(79)82-24-27(2)54(76)72-14-15-74(28(3)21-72)53-33-16-38(61)45(32-8-10-39(63)51-44(32)34(20-66)52(67)84-51)48(65)50(33)69-57(70-53)83-26-59-12-7-13-73(59)22-30(62)19-59/h8,10,16-18,28,30,34,42,52,80H,2,6-7,9,11-15,19,21-26,67H2,1,3-5H3/t28-,30+,34?,42-,52?,59-,60-/m0/s1. The summed E-state index contributed by atoms with van der Waals surface area (Å²) < 4.78 is 82.3. The van der Waals surface area contributed by atoms with Crippen molar-refractivity contribution in [2.75, 3.05) is 57.9 Å². The van der Waals surface area contributed by atoms with E-state index in [1.54, 1.807) is 31.9 Å². The summed E-state index contributed by atoms with van der Waals surface area (Å²) in [5.41, 5.74) is 6.90. The van der Waals surface area contributed by atoms with E-state index in [-0.39, 0.29) is 125 Å². The number of rotatable bonds is 10. The first-order chi connectivity index (χ1) is 40.2.